The Bertz CT molecular complexity index is 674. The normalized spacial score (nSPS) is 10.6. The highest BCUT2D eigenvalue weighted by atomic mass is 32.2. The molecular weight excluding hydrogens is 296 g/mol. The Morgan fingerprint density at radius 2 is 2.19 bits per heavy atom. The molecule has 1 rings (SSSR count). The first-order valence-electron chi connectivity index (χ1n) is 5.96. The molecule has 114 valence electrons. The zero-order chi connectivity index (χ0) is 15.9. The number of primary amides is 1. The van der Waals surface area contributed by atoms with Crippen LogP contribution in [0.25, 0.3) is 0 Å². The van der Waals surface area contributed by atoms with Crippen LogP contribution in [-0.4, -0.2) is 39.7 Å². The summed E-state index contributed by atoms with van der Waals surface area (Å²) >= 11 is 0. The van der Waals surface area contributed by atoms with Crippen molar-refractivity contribution >= 4 is 15.9 Å². The summed E-state index contributed by atoms with van der Waals surface area (Å²) in [5.74, 6) is 4.83. The topological polar surface area (TPSA) is 119 Å². The second-order valence-electron chi connectivity index (χ2n) is 3.94. The number of hydrogen-bond donors (Lipinski definition) is 3. The number of methoxy groups -OCH3 is 1. The van der Waals surface area contributed by atoms with Crippen LogP contribution in [0.15, 0.2) is 23.1 Å². The molecule has 0 saturated heterocycles. The number of aliphatic hydroxyl groups excluding tert-OH is 1. The van der Waals surface area contributed by atoms with E-state index in [9.17, 15) is 13.2 Å². The van der Waals surface area contributed by atoms with Gasteiger partial charge in [0, 0.05) is 13.0 Å². The number of aliphatic hydroxyl groups is 1. The average Bonchev–Trinajstić information content (AvgIpc) is 2.44. The van der Waals surface area contributed by atoms with E-state index in [0.717, 1.165) is 0 Å². The number of nitrogens with two attached hydrogens (primary N) is 1. The Morgan fingerprint density at radius 3 is 2.76 bits per heavy atom. The predicted octanol–water partition coefficient (Wildman–Crippen LogP) is -0.807. The van der Waals surface area contributed by atoms with Crippen molar-refractivity contribution in [2.45, 2.75) is 11.3 Å². The number of amides is 1. The molecule has 0 saturated carbocycles. The van der Waals surface area contributed by atoms with Gasteiger partial charge in [-0.2, -0.15) is 0 Å². The number of nitrogens with one attached hydrogen (secondary N) is 1. The molecule has 0 bridgehead atoms. The van der Waals surface area contributed by atoms with Crippen LogP contribution < -0.4 is 15.2 Å². The summed E-state index contributed by atoms with van der Waals surface area (Å²) in [5.41, 5.74) is 5.28. The van der Waals surface area contributed by atoms with Crippen molar-refractivity contribution in [1.29, 1.82) is 0 Å². The summed E-state index contributed by atoms with van der Waals surface area (Å²) in [7, 11) is -2.34. The van der Waals surface area contributed by atoms with Crippen molar-refractivity contribution in [3.8, 4) is 17.6 Å². The minimum atomic E-state index is -3.77. The Balaban J connectivity index is 3.04. The van der Waals surface area contributed by atoms with Crippen LogP contribution in [0, 0.1) is 11.8 Å². The quantitative estimate of drug-likeness (QED) is 0.594. The first-order valence-corrected chi connectivity index (χ1v) is 7.44. The minimum absolute atomic E-state index is 0.0185. The Hall–Kier alpha value is -2.08. The lowest BCUT2D eigenvalue weighted by molar-refractivity contribution is -0.117. The van der Waals surface area contributed by atoms with E-state index in [2.05, 4.69) is 16.6 Å². The molecule has 1 amide bonds. The lowest BCUT2D eigenvalue weighted by Crippen LogP contribution is -2.28. The average molecular weight is 312 g/mol. The van der Waals surface area contributed by atoms with Gasteiger partial charge in [-0.05, 0) is 18.2 Å². The standard InChI is InChI=1S/C13H16N2O5S/c1-20-12-5-4-11(9-10(12)3-2-8-16)21(18,19)15-7-6-13(14)17/h4-5,9,15-16H,6-8H2,1H3,(H2,14,17). The van der Waals surface area contributed by atoms with Gasteiger partial charge in [0.05, 0.1) is 17.6 Å². The van der Waals surface area contributed by atoms with Crippen molar-refractivity contribution < 1.29 is 23.1 Å². The summed E-state index contributed by atoms with van der Waals surface area (Å²) in [6.07, 6.45) is -0.0907. The van der Waals surface area contributed by atoms with Crippen LogP contribution in [0.1, 0.15) is 12.0 Å². The fourth-order valence-electron chi connectivity index (χ4n) is 1.48. The molecule has 7 nitrogen and oxygen atoms in total. The first-order chi connectivity index (χ1) is 9.90. The van der Waals surface area contributed by atoms with Gasteiger partial charge in [0.1, 0.15) is 12.4 Å². The van der Waals surface area contributed by atoms with Crippen molar-refractivity contribution in [3.63, 3.8) is 0 Å². The maximum Gasteiger partial charge on any atom is 0.240 e. The molecule has 0 aliphatic carbocycles. The van der Waals surface area contributed by atoms with Gasteiger partial charge in [-0.15, -0.1) is 0 Å². The summed E-state index contributed by atoms with van der Waals surface area (Å²) in [6.45, 7) is -0.432. The summed E-state index contributed by atoms with van der Waals surface area (Å²) < 4.78 is 31.4. The van der Waals surface area contributed by atoms with Crippen LogP contribution in [0.5, 0.6) is 5.75 Å². The third-order valence-electron chi connectivity index (χ3n) is 2.45. The van der Waals surface area contributed by atoms with Crippen molar-refractivity contribution in [2.24, 2.45) is 5.73 Å². The van der Waals surface area contributed by atoms with Gasteiger partial charge in [-0.1, -0.05) is 11.8 Å². The highest BCUT2D eigenvalue weighted by molar-refractivity contribution is 7.89. The molecular formula is C13H16N2O5S. The molecule has 1 aromatic carbocycles. The summed E-state index contributed by atoms with van der Waals surface area (Å²) in [5, 5.41) is 8.70. The fourth-order valence-corrected chi connectivity index (χ4v) is 2.54. The highest BCUT2D eigenvalue weighted by Crippen LogP contribution is 2.21. The molecule has 21 heavy (non-hydrogen) atoms. The van der Waals surface area contributed by atoms with Crippen LogP contribution in [0.4, 0.5) is 0 Å². The Kier molecular flexibility index (Phi) is 6.17. The van der Waals surface area contributed by atoms with Gasteiger partial charge in [-0.25, -0.2) is 13.1 Å². The van der Waals surface area contributed by atoms with Crippen LogP contribution >= 0.6 is 0 Å². The van der Waals surface area contributed by atoms with Crippen LogP contribution in [0.2, 0.25) is 0 Å². The number of sulfonamides is 1. The number of ether oxygens (including phenoxy) is 1. The maximum absolute atomic E-state index is 12.0. The van der Waals surface area contributed by atoms with E-state index in [0.29, 0.717) is 11.3 Å². The SMILES string of the molecule is COc1ccc(S(=O)(=O)NCCC(N)=O)cc1C#CCO. The lowest BCUT2D eigenvalue weighted by atomic mass is 10.2. The molecule has 1 aromatic rings. The molecule has 4 N–H and O–H groups in total. The number of carbonyl (C=O) groups is 1. The Labute approximate surface area is 123 Å². The predicted molar refractivity (Wildman–Crippen MR) is 76.0 cm³/mol. The van der Waals surface area contributed by atoms with Crippen LogP contribution in [0.3, 0.4) is 0 Å². The van der Waals surface area contributed by atoms with Gasteiger partial charge in [-0.3, -0.25) is 4.79 Å². The fraction of sp³-hybridized carbons (Fsp3) is 0.308. The van der Waals surface area contributed by atoms with Crippen molar-refractivity contribution in [2.75, 3.05) is 20.3 Å². The second kappa shape index (κ2) is 7.64. The molecule has 0 aromatic heterocycles. The molecule has 8 heteroatoms. The third-order valence-corrected chi connectivity index (χ3v) is 3.91. The molecule has 0 unspecified atom stereocenters. The minimum Gasteiger partial charge on any atom is -0.495 e. The molecule has 0 heterocycles. The molecule has 0 aliphatic heterocycles. The van der Waals surface area contributed by atoms with E-state index in [1.807, 2.05) is 0 Å². The zero-order valence-corrected chi connectivity index (χ0v) is 12.2. The smallest absolute Gasteiger partial charge is 0.240 e. The largest absolute Gasteiger partial charge is 0.495 e. The number of rotatable bonds is 6. The molecule has 0 fully saturated rings. The molecule has 0 atom stereocenters. The zero-order valence-electron chi connectivity index (χ0n) is 11.4. The summed E-state index contributed by atoms with van der Waals surface area (Å²) in [6, 6.07) is 4.15. The van der Waals surface area contributed by atoms with Crippen LogP contribution in [-0.2, 0) is 14.8 Å². The summed E-state index contributed by atoms with van der Waals surface area (Å²) in [4.78, 5) is 10.6. The molecule has 0 radical (unpaired) electrons. The van der Waals surface area contributed by atoms with Gasteiger partial charge in [0.15, 0.2) is 0 Å². The third kappa shape index (κ3) is 5.07. The van der Waals surface area contributed by atoms with E-state index in [1.165, 1.54) is 25.3 Å². The second-order valence-corrected chi connectivity index (χ2v) is 5.70. The monoisotopic (exact) mass is 312 g/mol. The van der Waals surface area contributed by atoms with E-state index >= 15 is 0 Å². The highest BCUT2D eigenvalue weighted by Gasteiger charge is 2.15. The van der Waals surface area contributed by atoms with E-state index in [4.69, 9.17) is 15.6 Å². The number of benzene rings is 1. The molecule has 0 aliphatic rings. The van der Waals surface area contributed by atoms with E-state index in [1.54, 1.807) is 0 Å². The maximum atomic E-state index is 12.0. The molecule has 0 spiro atoms. The van der Waals surface area contributed by atoms with E-state index in [-0.39, 0.29) is 24.5 Å². The van der Waals surface area contributed by atoms with E-state index < -0.39 is 15.9 Å². The van der Waals surface area contributed by atoms with Crippen molar-refractivity contribution in [3.05, 3.63) is 23.8 Å². The van der Waals surface area contributed by atoms with Gasteiger partial charge in [0.25, 0.3) is 0 Å². The lowest BCUT2D eigenvalue weighted by Gasteiger charge is -2.08. The van der Waals surface area contributed by atoms with Crippen molar-refractivity contribution in [1.82, 2.24) is 4.72 Å². The first kappa shape index (κ1) is 17.0. The number of hydrogen-bond acceptors (Lipinski definition) is 5. The van der Waals surface area contributed by atoms with Gasteiger partial charge in [0.2, 0.25) is 15.9 Å². The number of carbonyl (C=O) groups excluding carboxylic acids is 1. The van der Waals surface area contributed by atoms with Gasteiger partial charge < -0.3 is 15.6 Å². The van der Waals surface area contributed by atoms with Gasteiger partial charge >= 0.3 is 0 Å². The Morgan fingerprint density at radius 1 is 1.48 bits per heavy atom.